The molecule has 0 spiro atoms. The Morgan fingerprint density at radius 3 is 2.50 bits per heavy atom. The third kappa shape index (κ3) is 9.44. The number of hydroxylamine groups is 1. The van der Waals surface area contributed by atoms with Gasteiger partial charge in [-0.15, -0.1) is 0 Å². The van der Waals surface area contributed by atoms with E-state index >= 15 is 0 Å². The Hall–Kier alpha value is -2.43. The molecule has 0 radical (unpaired) electrons. The van der Waals surface area contributed by atoms with Crippen molar-refractivity contribution >= 4 is 21.7 Å². The molecule has 1 saturated carbocycles. The predicted molar refractivity (Wildman–Crippen MR) is 122 cm³/mol. The van der Waals surface area contributed by atoms with Gasteiger partial charge >= 0.3 is 15.5 Å². The standard InChI is InChI=1S/C21H31F3N6O3S/c22-21(23,24)34(31,32)30(33-16-18-8-4-3-5-9-18)15-7-2-1-6-12-27-20(28-17-25)29-19-10-13-26-14-11-19/h10-11,13-14,18H,1-9,12,15-16H2,(H2,26,27,28,29). The van der Waals surface area contributed by atoms with Gasteiger partial charge in [-0.25, -0.2) is 8.42 Å². The van der Waals surface area contributed by atoms with Crippen LogP contribution in [-0.4, -0.2) is 49.0 Å². The van der Waals surface area contributed by atoms with Crippen LogP contribution in [0.25, 0.3) is 0 Å². The molecular weight excluding hydrogens is 473 g/mol. The fourth-order valence-electron chi connectivity index (χ4n) is 3.54. The SMILES string of the molecule is N#CNC(=NCCCCCCN(OCC1CCCCC1)S(=O)(=O)C(F)(F)F)Nc1ccncc1. The third-order valence-corrected chi connectivity index (χ3v) is 6.78. The maximum atomic E-state index is 13.1. The van der Waals surface area contributed by atoms with Crippen LogP contribution in [0.2, 0.25) is 0 Å². The van der Waals surface area contributed by atoms with Crippen molar-refractivity contribution in [3.63, 3.8) is 0 Å². The number of sulfonamides is 1. The first-order valence-electron chi connectivity index (χ1n) is 11.3. The van der Waals surface area contributed by atoms with E-state index in [1.165, 1.54) is 0 Å². The van der Waals surface area contributed by atoms with E-state index in [1.54, 1.807) is 30.7 Å². The van der Waals surface area contributed by atoms with Crippen molar-refractivity contribution in [3.8, 4) is 6.19 Å². The Balaban J connectivity index is 1.78. The second kappa shape index (κ2) is 14.1. The summed E-state index contributed by atoms with van der Waals surface area (Å²) in [6, 6.07) is 3.43. The minimum atomic E-state index is -5.55. The number of aromatic nitrogens is 1. The van der Waals surface area contributed by atoms with Gasteiger partial charge in [0.05, 0.1) is 6.61 Å². The Morgan fingerprint density at radius 2 is 1.85 bits per heavy atom. The molecule has 1 fully saturated rings. The molecule has 34 heavy (non-hydrogen) atoms. The zero-order chi connectivity index (χ0) is 24.9. The van der Waals surface area contributed by atoms with E-state index in [4.69, 9.17) is 10.1 Å². The first-order valence-corrected chi connectivity index (χ1v) is 12.8. The lowest BCUT2D eigenvalue weighted by atomic mass is 9.90. The van der Waals surface area contributed by atoms with E-state index < -0.39 is 15.5 Å². The van der Waals surface area contributed by atoms with Gasteiger partial charge in [-0.05, 0) is 43.7 Å². The second-order valence-corrected chi connectivity index (χ2v) is 9.84. The molecule has 13 heteroatoms. The van der Waals surface area contributed by atoms with Crippen molar-refractivity contribution in [1.82, 2.24) is 14.8 Å². The van der Waals surface area contributed by atoms with E-state index in [2.05, 4.69) is 20.6 Å². The molecule has 0 bridgehead atoms. The molecule has 1 aliphatic carbocycles. The van der Waals surface area contributed by atoms with Gasteiger partial charge < -0.3 is 5.32 Å². The lowest BCUT2D eigenvalue weighted by molar-refractivity contribution is -0.125. The van der Waals surface area contributed by atoms with Gasteiger partial charge in [0.15, 0.2) is 6.19 Å². The van der Waals surface area contributed by atoms with Gasteiger partial charge in [-0.1, -0.05) is 36.6 Å². The molecular formula is C21H31F3N6O3S. The molecule has 0 saturated heterocycles. The van der Waals surface area contributed by atoms with Crippen molar-refractivity contribution < 1.29 is 26.4 Å². The zero-order valence-electron chi connectivity index (χ0n) is 18.9. The second-order valence-electron chi connectivity index (χ2n) is 8.02. The molecule has 0 unspecified atom stereocenters. The Kier molecular flexibility index (Phi) is 11.5. The molecule has 0 aliphatic heterocycles. The first-order chi connectivity index (χ1) is 16.2. The number of guanidine groups is 1. The minimum absolute atomic E-state index is 0.0246. The average Bonchev–Trinajstić information content (AvgIpc) is 2.81. The largest absolute Gasteiger partial charge is 0.513 e. The van der Waals surface area contributed by atoms with Crippen molar-refractivity contribution in [3.05, 3.63) is 24.5 Å². The number of anilines is 1. The highest BCUT2D eigenvalue weighted by Crippen LogP contribution is 2.29. The number of nitrogens with zero attached hydrogens (tertiary/aromatic N) is 4. The quantitative estimate of drug-likeness (QED) is 0.110. The van der Waals surface area contributed by atoms with Crippen LogP contribution < -0.4 is 10.6 Å². The van der Waals surface area contributed by atoms with Crippen molar-refractivity contribution in [1.29, 1.82) is 5.26 Å². The molecule has 0 aromatic carbocycles. The topological polar surface area (TPSA) is 120 Å². The number of aliphatic imine (C=N–C) groups is 1. The molecule has 1 aromatic heterocycles. The molecule has 2 rings (SSSR count). The van der Waals surface area contributed by atoms with Crippen LogP contribution >= 0.6 is 0 Å². The summed E-state index contributed by atoms with van der Waals surface area (Å²) >= 11 is 0. The molecule has 0 amide bonds. The summed E-state index contributed by atoms with van der Waals surface area (Å²) in [5.41, 5.74) is -4.70. The molecule has 0 atom stereocenters. The zero-order valence-corrected chi connectivity index (χ0v) is 19.7. The lowest BCUT2D eigenvalue weighted by Crippen LogP contribution is -2.42. The highest BCUT2D eigenvalue weighted by molar-refractivity contribution is 7.89. The summed E-state index contributed by atoms with van der Waals surface area (Å²) < 4.78 is 63.1. The van der Waals surface area contributed by atoms with Gasteiger partial charge in [0, 0.05) is 31.2 Å². The first kappa shape index (κ1) is 27.8. The number of halogens is 3. The molecule has 1 aliphatic rings. The van der Waals surface area contributed by atoms with Gasteiger partial charge in [0.2, 0.25) is 5.96 Å². The fourth-order valence-corrected chi connectivity index (χ4v) is 4.34. The summed E-state index contributed by atoms with van der Waals surface area (Å²) in [4.78, 5) is 13.3. The summed E-state index contributed by atoms with van der Waals surface area (Å²) in [7, 11) is -5.55. The van der Waals surface area contributed by atoms with Crippen LogP contribution in [0.5, 0.6) is 0 Å². The fraction of sp³-hybridized carbons (Fsp3) is 0.667. The summed E-state index contributed by atoms with van der Waals surface area (Å²) in [6.45, 7) is -0.00329. The number of rotatable bonds is 12. The van der Waals surface area contributed by atoms with Gasteiger partial charge in [0.25, 0.3) is 0 Å². The number of unbranched alkanes of at least 4 members (excludes halogenated alkanes) is 3. The number of nitriles is 1. The van der Waals surface area contributed by atoms with E-state index in [0.717, 1.165) is 32.1 Å². The van der Waals surface area contributed by atoms with Gasteiger partial charge in [-0.2, -0.15) is 18.4 Å². The summed E-state index contributed by atoms with van der Waals surface area (Å²) in [5.74, 6) is 0.349. The van der Waals surface area contributed by atoms with Crippen LogP contribution in [0, 0.1) is 17.4 Å². The highest BCUT2D eigenvalue weighted by atomic mass is 32.2. The van der Waals surface area contributed by atoms with Crippen molar-refractivity contribution in [2.24, 2.45) is 10.9 Å². The van der Waals surface area contributed by atoms with Gasteiger partial charge in [0.1, 0.15) is 0 Å². The van der Waals surface area contributed by atoms with Crippen LogP contribution in [0.1, 0.15) is 57.8 Å². The summed E-state index contributed by atoms with van der Waals surface area (Å²) in [5, 5.41) is 14.2. The van der Waals surface area contributed by atoms with Crippen LogP contribution in [0.4, 0.5) is 18.9 Å². The van der Waals surface area contributed by atoms with Crippen molar-refractivity contribution in [2.75, 3.05) is 25.0 Å². The molecule has 1 aromatic rings. The predicted octanol–water partition coefficient (Wildman–Crippen LogP) is 4.14. The van der Waals surface area contributed by atoms with E-state index in [0.29, 0.717) is 31.5 Å². The minimum Gasteiger partial charge on any atom is -0.325 e. The number of pyridine rings is 1. The number of hydrogen-bond donors (Lipinski definition) is 2. The van der Waals surface area contributed by atoms with E-state index in [-0.39, 0.29) is 35.9 Å². The van der Waals surface area contributed by atoms with Crippen molar-refractivity contribution in [2.45, 2.75) is 63.3 Å². The molecule has 1 heterocycles. The number of nitrogens with one attached hydrogen (secondary N) is 2. The third-order valence-electron chi connectivity index (χ3n) is 5.38. The Morgan fingerprint density at radius 1 is 1.18 bits per heavy atom. The van der Waals surface area contributed by atoms with E-state index in [1.807, 2.05) is 0 Å². The maximum absolute atomic E-state index is 13.1. The van der Waals surface area contributed by atoms with Crippen LogP contribution in [0.3, 0.4) is 0 Å². The Bertz CT molecular complexity index is 901. The number of alkyl halides is 3. The monoisotopic (exact) mass is 504 g/mol. The van der Waals surface area contributed by atoms with Crippen LogP contribution in [-0.2, 0) is 14.9 Å². The number of hydrogen-bond acceptors (Lipinski definition) is 6. The molecule has 2 N–H and O–H groups in total. The summed E-state index contributed by atoms with van der Waals surface area (Å²) in [6.07, 6.45) is 11.7. The van der Waals surface area contributed by atoms with Crippen LogP contribution in [0.15, 0.2) is 29.5 Å². The molecule has 190 valence electrons. The highest BCUT2D eigenvalue weighted by Gasteiger charge is 2.50. The average molecular weight is 505 g/mol. The smallest absolute Gasteiger partial charge is 0.325 e. The molecule has 9 nitrogen and oxygen atoms in total. The normalized spacial score (nSPS) is 15.8. The van der Waals surface area contributed by atoms with Gasteiger partial charge in [-0.3, -0.25) is 20.1 Å². The lowest BCUT2D eigenvalue weighted by Gasteiger charge is -2.26. The Labute approximate surface area is 198 Å². The maximum Gasteiger partial charge on any atom is 0.513 e. The van der Waals surface area contributed by atoms with E-state index in [9.17, 15) is 21.6 Å².